The molecule has 0 fully saturated rings. The minimum atomic E-state index is -0.759. The maximum Gasteiger partial charge on any atom is 0.268 e. The second kappa shape index (κ2) is 6.27. The smallest absolute Gasteiger partial charge is 0.268 e. The molecule has 1 aliphatic heterocycles. The van der Waals surface area contributed by atoms with Crippen molar-refractivity contribution >= 4 is 17.7 Å². The molecule has 3 rings (SSSR count). The topological polar surface area (TPSA) is 82.1 Å². The Labute approximate surface area is 143 Å². The van der Waals surface area contributed by atoms with Gasteiger partial charge in [-0.2, -0.15) is 0 Å². The second-order valence-corrected chi connectivity index (χ2v) is 5.21. The maximum absolute atomic E-state index is 12.8. The normalized spacial score (nSPS) is 12.8. The summed E-state index contributed by atoms with van der Waals surface area (Å²) in [5, 5.41) is 0. The molecule has 2 aromatic rings. The molecule has 0 aromatic heterocycles. The quantitative estimate of drug-likeness (QED) is 0.793. The summed E-state index contributed by atoms with van der Waals surface area (Å²) in [7, 11) is 4.26. The van der Waals surface area contributed by atoms with E-state index in [1.54, 1.807) is 12.1 Å². The predicted molar refractivity (Wildman–Crippen MR) is 87.4 cm³/mol. The molecular formula is C18H15NO6. The van der Waals surface area contributed by atoms with Crippen molar-refractivity contribution in [1.82, 2.24) is 4.90 Å². The van der Waals surface area contributed by atoms with E-state index in [0.29, 0.717) is 10.6 Å². The van der Waals surface area contributed by atoms with E-state index in [0.717, 1.165) is 0 Å². The lowest BCUT2D eigenvalue weighted by Gasteiger charge is -2.16. The highest BCUT2D eigenvalue weighted by Crippen LogP contribution is 2.39. The van der Waals surface area contributed by atoms with Gasteiger partial charge >= 0.3 is 0 Å². The summed E-state index contributed by atoms with van der Waals surface area (Å²) in [5.74, 6) is -1.25. The molecule has 0 saturated heterocycles. The van der Waals surface area contributed by atoms with Crippen LogP contribution < -0.4 is 14.2 Å². The lowest BCUT2D eigenvalue weighted by Crippen LogP contribution is -2.36. The Hall–Kier alpha value is -3.35. The number of nitrogens with zero attached hydrogens (tertiary/aromatic N) is 1. The second-order valence-electron chi connectivity index (χ2n) is 5.21. The van der Waals surface area contributed by atoms with Crippen LogP contribution in [-0.4, -0.2) is 44.0 Å². The van der Waals surface area contributed by atoms with E-state index in [-0.39, 0.29) is 28.2 Å². The number of ether oxygens (including phenoxy) is 3. The first-order chi connectivity index (χ1) is 12.0. The highest BCUT2D eigenvalue weighted by Gasteiger charge is 2.40. The summed E-state index contributed by atoms with van der Waals surface area (Å²) >= 11 is 0. The van der Waals surface area contributed by atoms with Crippen LogP contribution in [0.4, 0.5) is 0 Å². The van der Waals surface area contributed by atoms with Gasteiger partial charge in [-0.3, -0.25) is 14.4 Å². The molecule has 0 radical (unpaired) electrons. The molecule has 25 heavy (non-hydrogen) atoms. The first kappa shape index (κ1) is 16.5. The van der Waals surface area contributed by atoms with Crippen molar-refractivity contribution in [3.8, 4) is 17.2 Å². The summed E-state index contributed by atoms with van der Waals surface area (Å²) in [6, 6.07) is 9.09. The Kier molecular flexibility index (Phi) is 4.14. The van der Waals surface area contributed by atoms with Gasteiger partial charge in [0.25, 0.3) is 17.7 Å². The van der Waals surface area contributed by atoms with E-state index in [1.165, 1.54) is 45.6 Å². The minimum absolute atomic E-state index is 0.0732. The molecule has 0 saturated carbocycles. The lowest BCUT2D eigenvalue weighted by molar-refractivity contribution is 0.0565. The fourth-order valence-electron chi connectivity index (χ4n) is 2.71. The Morgan fingerprint density at radius 1 is 0.840 bits per heavy atom. The lowest BCUT2D eigenvalue weighted by atomic mass is 10.1. The van der Waals surface area contributed by atoms with Gasteiger partial charge in [0.2, 0.25) is 5.75 Å². The number of amides is 3. The zero-order valence-electron chi connectivity index (χ0n) is 13.9. The number of imide groups is 3. The first-order valence-corrected chi connectivity index (χ1v) is 7.35. The van der Waals surface area contributed by atoms with Crippen molar-refractivity contribution in [3.63, 3.8) is 0 Å². The zero-order valence-corrected chi connectivity index (χ0v) is 13.9. The maximum atomic E-state index is 12.8. The number of carbonyl (C=O) groups excluding carboxylic acids is 3. The zero-order chi connectivity index (χ0) is 18.1. The predicted octanol–water partition coefficient (Wildman–Crippen LogP) is 2.15. The molecule has 0 spiro atoms. The molecule has 0 N–H and O–H groups in total. The van der Waals surface area contributed by atoms with Gasteiger partial charge in [-0.15, -0.1) is 0 Å². The van der Waals surface area contributed by atoms with Crippen LogP contribution in [0, 0.1) is 0 Å². The largest absolute Gasteiger partial charge is 0.493 e. The van der Waals surface area contributed by atoms with E-state index in [9.17, 15) is 14.4 Å². The molecule has 1 aliphatic rings. The SMILES string of the molecule is COc1cc(C(=O)N2C(=O)c3ccccc3C2=O)cc(OC)c1OC. The summed E-state index contributed by atoms with van der Waals surface area (Å²) in [5.41, 5.74) is 0.477. The van der Waals surface area contributed by atoms with Crippen molar-refractivity contribution in [3.05, 3.63) is 53.1 Å². The standard InChI is InChI=1S/C18H15NO6/c1-23-13-8-10(9-14(24-2)15(13)25-3)16(20)19-17(21)11-6-4-5-7-12(11)18(19)22/h4-9H,1-3H3. The Balaban J connectivity index is 2.05. The average Bonchev–Trinajstić information content (AvgIpc) is 2.90. The van der Waals surface area contributed by atoms with E-state index in [1.807, 2.05) is 0 Å². The number of carbonyl (C=O) groups is 3. The van der Waals surface area contributed by atoms with Crippen molar-refractivity contribution in [2.45, 2.75) is 0 Å². The number of fused-ring (bicyclic) bond motifs is 1. The number of rotatable bonds is 4. The van der Waals surface area contributed by atoms with Gasteiger partial charge < -0.3 is 14.2 Å². The van der Waals surface area contributed by atoms with Crippen LogP contribution >= 0.6 is 0 Å². The van der Waals surface area contributed by atoms with Crippen LogP contribution in [0.25, 0.3) is 0 Å². The van der Waals surface area contributed by atoms with Crippen molar-refractivity contribution < 1.29 is 28.6 Å². The van der Waals surface area contributed by atoms with E-state index >= 15 is 0 Å². The Bertz CT molecular complexity index is 829. The number of hydrogen-bond donors (Lipinski definition) is 0. The van der Waals surface area contributed by atoms with Crippen LogP contribution in [0.5, 0.6) is 17.2 Å². The molecule has 0 bridgehead atoms. The molecule has 0 aliphatic carbocycles. The highest BCUT2D eigenvalue weighted by atomic mass is 16.5. The van der Waals surface area contributed by atoms with Crippen LogP contribution in [0.2, 0.25) is 0 Å². The Morgan fingerprint density at radius 3 is 1.72 bits per heavy atom. The van der Waals surface area contributed by atoms with Gasteiger partial charge in [0.1, 0.15) is 0 Å². The molecule has 128 valence electrons. The summed E-state index contributed by atoms with van der Waals surface area (Å²) in [6.45, 7) is 0. The number of methoxy groups -OCH3 is 3. The van der Waals surface area contributed by atoms with Crippen LogP contribution in [0.1, 0.15) is 31.1 Å². The third-order valence-electron chi connectivity index (χ3n) is 3.91. The molecule has 1 heterocycles. The van der Waals surface area contributed by atoms with Gasteiger partial charge in [-0.05, 0) is 24.3 Å². The molecule has 3 amide bonds. The Morgan fingerprint density at radius 2 is 1.32 bits per heavy atom. The van der Waals surface area contributed by atoms with Crippen LogP contribution in [0.3, 0.4) is 0 Å². The van der Waals surface area contributed by atoms with Crippen molar-refractivity contribution in [1.29, 1.82) is 0 Å². The van der Waals surface area contributed by atoms with Gasteiger partial charge in [-0.25, -0.2) is 4.90 Å². The third kappa shape index (κ3) is 2.50. The van der Waals surface area contributed by atoms with Gasteiger partial charge in [0.05, 0.1) is 32.5 Å². The van der Waals surface area contributed by atoms with Crippen molar-refractivity contribution in [2.75, 3.05) is 21.3 Å². The molecular weight excluding hydrogens is 326 g/mol. The summed E-state index contributed by atoms with van der Waals surface area (Å²) < 4.78 is 15.6. The van der Waals surface area contributed by atoms with E-state index in [4.69, 9.17) is 14.2 Å². The first-order valence-electron chi connectivity index (χ1n) is 7.35. The van der Waals surface area contributed by atoms with Gasteiger partial charge in [0, 0.05) is 5.56 Å². The fourth-order valence-corrected chi connectivity index (χ4v) is 2.71. The van der Waals surface area contributed by atoms with E-state index < -0.39 is 17.7 Å². The van der Waals surface area contributed by atoms with Gasteiger partial charge in [-0.1, -0.05) is 12.1 Å². The number of hydrogen-bond acceptors (Lipinski definition) is 6. The fraction of sp³-hybridized carbons (Fsp3) is 0.167. The monoisotopic (exact) mass is 341 g/mol. The minimum Gasteiger partial charge on any atom is -0.493 e. The molecule has 0 unspecified atom stereocenters. The van der Waals surface area contributed by atoms with Crippen LogP contribution in [-0.2, 0) is 0 Å². The van der Waals surface area contributed by atoms with E-state index in [2.05, 4.69) is 0 Å². The highest BCUT2D eigenvalue weighted by molar-refractivity contribution is 6.31. The molecule has 0 atom stereocenters. The third-order valence-corrected chi connectivity index (χ3v) is 3.91. The molecule has 7 heteroatoms. The molecule has 2 aromatic carbocycles. The van der Waals surface area contributed by atoms with Crippen LogP contribution in [0.15, 0.2) is 36.4 Å². The summed E-state index contributed by atoms with van der Waals surface area (Å²) in [6.07, 6.45) is 0. The molecule has 7 nitrogen and oxygen atoms in total. The van der Waals surface area contributed by atoms with Gasteiger partial charge in [0.15, 0.2) is 11.5 Å². The number of benzene rings is 2. The average molecular weight is 341 g/mol. The van der Waals surface area contributed by atoms with Crippen molar-refractivity contribution in [2.24, 2.45) is 0 Å². The summed E-state index contributed by atoms with van der Waals surface area (Å²) in [4.78, 5) is 38.3.